The summed E-state index contributed by atoms with van der Waals surface area (Å²) in [6.07, 6.45) is 5.98. The fraction of sp³-hybridized carbons (Fsp3) is 0.567. The Labute approximate surface area is 224 Å². The Morgan fingerprint density at radius 3 is 2.39 bits per heavy atom. The van der Waals surface area contributed by atoms with Gasteiger partial charge in [-0.15, -0.1) is 0 Å². The first-order chi connectivity index (χ1) is 18.0. The lowest BCUT2D eigenvalue weighted by molar-refractivity contribution is -0.159. The van der Waals surface area contributed by atoms with Crippen molar-refractivity contribution >= 4 is 11.8 Å². The molecule has 2 aliphatic rings. The summed E-state index contributed by atoms with van der Waals surface area (Å²) >= 11 is 0. The summed E-state index contributed by atoms with van der Waals surface area (Å²) in [5.74, 6) is -0.186. The lowest BCUT2D eigenvalue weighted by atomic mass is 9.69. The minimum absolute atomic E-state index is 0.00907. The van der Waals surface area contributed by atoms with Crippen LogP contribution >= 0.6 is 0 Å². The van der Waals surface area contributed by atoms with Crippen LogP contribution in [0.4, 0.5) is 0 Å². The molecule has 2 unspecified atom stereocenters. The third-order valence-corrected chi connectivity index (χ3v) is 8.64. The van der Waals surface area contributed by atoms with Gasteiger partial charge in [-0.3, -0.25) is 14.4 Å². The first-order valence-electron chi connectivity index (χ1n) is 13.6. The predicted octanol–water partition coefficient (Wildman–Crippen LogP) is 3.01. The van der Waals surface area contributed by atoms with E-state index in [2.05, 4.69) is 0 Å². The van der Waals surface area contributed by atoms with Gasteiger partial charge in [0.2, 0.25) is 5.91 Å². The number of aromatic nitrogens is 1. The van der Waals surface area contributed by atoms with Crippen molar-refractivity contribution in [2.75, 3.05) is 33.8 Å². The van der Waals surface area contributed by atoms with Crippen LogP contribution in [-0.4, -0.2) is 75.8 Å². The number of hydrogen-bond acceptors (Lipinski definition) is 5. The minimum atomic E-state index is -1.27. The summed E-state index contributed by atoms with van der Waals surface area (Å²) in [5, 5.41) is 21.7. The van der Waals surface area contributed by atoms with E-state index in [9.17, 15) is 24.6 Å². The molecule has 1 aromatic carbocycles. The van der Waals surface area contributed by atoms with Crippen LogP contribution in [0, 0.1) is 17.3 Å². The van der Waals surface area contributed by atoms with Gasteiger partial charge in [-0.05, 0) is 24.3 Å². The molecule has 4 rings (SSSR count). The summed E-state index contributed by atoms with van der Waals surface area (Å²) < 4.78 is 1.43. The fourth-order valence-electron chi connectivity index (χ4n) is 5.73. The highest BCUT2D eigenvalue weighted by atomic mass is 16.3. The molecule has 1 saturated heterocycles. The van der Waals surface area contributed by atoms with Crippen molar-refractivity contribution in [2.24, 2.45) is 17.3 Å². The zero-order valence-corrected chi connectivity index (χ0v) is 23.0. The first kappa shape index (κ1) is 28.0. The molecule has 206 valence electrons. The number of rotatable bonds is 8. The molecule has 0 radical (unpaired) electrons. The van der Waals surface area contributed by atoms with Gasteiger partial charge in [-0.1, -0.05) is 63.4 Å². The van der Waals surface area contributed by atoms with Gasteiger partial charge in [0.15, 0.2) is 0 Å². The number of pyridine rings is 1. The van der Waals surface area contributed by atoms with Crippen LogP contribution in [0.1, 0.15) is 56.3 Å². The van der Waals surface area contributed by atoms with Crippen molar-refractivity contribution in [3.8, 4) is 11.1 Å². The van der Waals surface area contributed by atoms with E-state index in [1.54, 1.807) is 25.2 Å². The number of carbonyl (C=O) groups is 2. The minimum Gasteiger partial charge on any atom is -0.396 e. The first-order valence-corrected chi connectivity index (χ1v) is 13.6. The fourth-order valence-corrected chi connectivity index (χ4v) is 5.73. The molecule has 2 heterocycles. The van der Waals surface area contributed by atoms with Crippen molar-refractivity contribution in [3.05, 3.63) is 58.5 Å². The van der Waals surface area contributed by atoms with Gasteiger partial charge in [0.1, 0.15) is 0 Å². The molecule has 2 amide bonds. The molecular formula is C30H41N3O5. The Morgan fingerprint density at radius 2 is 1.84 bits per heavy atom. The average molecular weight is 524 g/mol. The second-order valence-corrected chi connectivity index (χ2v) is 12.0. The highest BCUT2D eigenvalue weighted by molar-refractivity contribution is 6.00. The number of piperidine rings is 1. The largest absolute Gasteiger partial charge is 0.396 e. The molecular weight excluding hydrogens is 482 g/mol. The Kier molecular flexibility index (Phi) is 8.14. The molecule has 2 fully saturated rings. The van der Waals surface area contributed by atoms with E-state index in [0.29, 0.717) is 36.6 Å². The zero-order chi connectivity index (χ0) is 27.7. The molecule has 1 aromatic heterocycles. The molecule has 1 aliphatic carbocycles. The summed E-state index contributed by atoms with van der Waals surface area (Å²) in [6, 6.07) is 10.8. The van der Waals surface area contributed by atoms with Crippen LogP contribution < -0.4 is 5.56 Å². The topological polar surface area (TPSA) is 103 Å². The van der Waals surface area contributed by atoms with E-state index in [1.807, 2.05) is 44.2 Å². The number of aliphatic hydroxyl groups excluding tert-OH is 1. The highest BCUT2D eigenvalue weighted by Crippen LogP contribution is 2.41. The molecule has 1 aliphatic heterocycles. The van der Waals surface area contributed by atoms with Gasteiger partial charge < -0.3 is 24.6 Å². The Hall–Kier alpha value is -2.97. The molecule has 2 N–H and O–H groups in total. The molecule has 8 heteroatoms. The standard InChI is InChI=1S/C30H41N3O5/c1-29(2)19-32(27(36)23(18-34)15-21-9-8-10-21)14-13-30(29,38)20-33-17-25(28(37)31(3)4)24(16-26(33)35)22-11-6-5-7-12-22/h5-7,11-12,16-17,21,23,34,38H,8-10,13-15,18-20H2,1-4H3. The van der Waals surface area contributed by atoms with Gasteiger partial charge in [-0.25, -0.2) is 0 Å². The zero-order valence-electron chi connectivity index (χ0n) is 23.0. The number of likely N-dealkylation sites (tertiary alicyclic amines) is 1. The maximum atomic E-state index is 13.3. The van der Waals surface area contributed by atoms with E-state index in [1.165, 1.54) is 22.0 Å². The van der Waals surface area contributed by atoms with Gasteiger partial charge in [0.25, 0.3) is 11.5 Å². The highest BCUT2D eigenvalue weighted by Gasteiger charge is 2.49. The third kappa shape index (κ3) is 5.57. The molecule has 38 heavy (non-hydrogen) atoms. The molecule has 8 nitrogen and oxygen atoms in total. The lowest BCUT2D eigenvalue weighted by Gasteiger charge is -2.51. The van der Waals surface area contributed by atoms with Crippen LogP contribution in [0.3, 0.4) is 0 Å². The molecule has 2 aromatic rings. The summed E-state index contributed by atoms with van der Waals surface area (Å²) in [7, 11) is 3.33. The van der Waals surface area contributed by atoms with Gasteiger partial charge >= 0.3 is 0 Å². The second kappa shape index (κ2) is 11.0. The maximum absolute atomic E-state index is 13.3. The summed E-state index contributed by atoms with van der Waals surface area (Å²) in [4.78, 5) is 42.8. The van der Waals surface area contributed by atoms with E-state index in [-0.39, 0.29) is 36.9 Å². The number of nitrogens with zero attached hydrogens (tertiary/aromatic N) is 3. The van der Waals surface area contributed by atoms with Crippen LogP contribution in [0.2, 0.25) is 0 Å². The number of carbonyl (C=O) groups excluding carboxylic acids is 2. The molecule has 1 saturated carbocycles. The van der Waals surface area contributed by atoms with E-state index in [0.717, 1.165) is 18.4 Å². The van der Waals surface area contributed by atoms with Crippen LogP contribution in [0.5, 0.6) is 0 Å². The SMILES string of the molecule is CN(C)C(=O)c1cn(CC2(O)CCN(C(=O)C(CO)CC3CCC3)CC2(C)C)c(=O)cc1-c1ccccc1. The van der Waals surface area contributed by atoms with E-state index < -0.39 is 16.9 Å². The van der Waals surface area contributed by atoms with Crippen molar-refractivity contribution in [1.29, 1.82) is 0 Å². The van der Waals surface area contributed by atoms with Crippen molar-refractivity contribution in [3.63, 3.8) is 0 Å². The van der Waals surface area contributed by atoms with Crippen molar-refractivity contribution in [2.45, 2.75) is 58.1 Å². The number of aliphatic hydroxyl groups is 2. The smallest absolute Gasteiger partial charge is 0.255 e. The Bertz CT molecular complexity index is 1220. The number of hydrogen-bond donors (Lipinski definition) is 2. The number of amides is 2. The average Bonchev–Trinajstić information content (AvgIpc) is 2.86. The molecule has 0 bridgehead atoms. The quantitative estimate of drug-likeness (QED) is 0.554. The summed E-state index contributed by atoms with van der Waals surface area (Å²) in [5.41, 5.74) is -0.588. The summed E-state index contributed by atoms with van der Waals surface area (Å²) in [6.45, 7) is 4.32. The predicted molar refractivity (Wildman–Crippen MR) is 147 cm³/mol. The van der Waals surface area contributed by atoms with Crippen molar-refractivity contribution < 1.29 is 19.8 Å². The van der Waals surface area contributed by atoms with Gasteiger partial charge in [0, 0.05) is 50.4 Å². The normalized spacial score (nSPS) is 22.0. The Morgan fingerprint density at radius 1 is 1.16 bits per heavy atom. The Balaban J connectivity index is 1.58. The number of benzene rings is 1. The van der Waals surface area contributed by atoms with E-state index in [4.69, 9.17) is 0 Å². The van der Waals surface area contributed by atoms with E-state index >= 15 is 0 Å². The molecule has 2 atom stereocenters. The van der Waals surface area contributed by atoms with Gasteiger partial charge in [-0.2, -0.15) is 0 Å². The molecule has 0 spiro atoms. The van der Waals surface area contributed by atoms with Crippen molar-refractivity contribution in [1.82, 2.24) is 14.4 Å². The second-order valence-electron chi connectivity index (χ2n) is 12.0. The monoisotopic (exact) mass is 523 g/mol. The van der Waals surface area contributed by atoms with Crippen LogP contribution in [0.25, 0.3) is 11.1 Å². The lowest BCUT2D eigenvalue weighted by Crippen LogP contribution is -2.61. The van der Waals surface area contributed by atoms with Crippen LogP contribution in [0.15, 0.2) is 47.4 Å². The van der Waals surface area contributed by atoms with Gasteiger partial charge in [0.05, 0.1) is 30.2 Å². The maximum Gasteiger partial charge on any atom is 0.255 e. The van der Waals surface area contributed by atoms with Crippen LogP contribution in [-0.2, 0) is 11.3 Å². The third-order valence-electron chi connectivity index (χ3n) is 8.64.